The molecule has 0 spiro atoms. The number of H-pyrrole nitrogens is 1. The Kier molecular flexibility index (Phi) is 3.05. The van der Waals surface area contributed by atoms with Gasteiger partial charge in [0.2, 0.25) is 0 Å². The number of nitrogens with two attached hydrogens (primary N) is 1. The molecule has 2 aromatic rings. The van der Waals surface area contributed by atoms with E-state index in [2.05, 4.69) is 9.97 Å². The summed E-state index contributed by atoms with van der Waals surface area (Å²) >= 11 is 0. The first-order valence-electron chi connectivity index (χ1n) is 6.30. The second kappa shape index (κ2) is 4.85. The SMILES string of the molecule is NCCc1cc(=O)[nH]c(C2COc3ccccc32)n1. The zero-order valence-corrected chi connectivity index (χ0v) is 10.4. The van der Waals surface area contributed by atoms with Crippen molar-refractivity contribution in [2.75, 3.05) is 13.2 Å². The van der Waals surface area contributed by atoms with Crippen LogP contribution in [-0.4, -0.2) is 23.1 Å². The number of para-hydroxylation sites is 1. The van der Waals surface area contributed by atoms with E-state index in [1.165, 1.54) is 6.07 Å². The van der Waals surface area contributed by atoms with Crippen molar-refractivity contribution in [1.82, 2.24) is 9.97 Å². The summed E-state index contributed by atoms with van der Waals surface area (Å²) < 4.78 is 5.62. The van der Waals surface area contributed by atoms with Crippen LogP contribution in [0.3, 0.4) is 0 Å². The third-order valence-electron chi connectivity index (χ3n) is 3.24. The molecule has 1 atom stereocenters. The molecule has 1 unspecified atom stereocenters. The topological polar surface area (TPSA) is 81.0 Å². The molecule has 3 N–H and O–H groups in total. The van der Waals surface area contributed by atoms with Gasteiger partial charge in [-0.15, -0.1) is 0 Å². The number of ether oxygens (including phenoxy) is 1. The molecule has 1 aliphatic rings. The minimum Gasteiger partial charge on any atom is -0.492 e. The number of benzene rings is 1. The van der Waals surface area contributed by atoms with Gasteiger partial charge in [0.05, 0.1) is 5.92 Å². The predicted molar refractivity (Wildman–Crippen MR) is 71.4 cm³/mol. The van der Waals surface area contributed by atoms with Gasteiger partial charge >= 0.3 is 0 Å². The lowest BCUT2D eigenvalue weighted by Gasteiger charge is -2.09. The summed E-state index contributed by atoms with van der Waals surface area (Å²) in [5.74, 6) is 1.50. The molecule has 0 saturated carbocycles. The highest BCUT2D eigenvalue weighted by Gasteiger charge is 2.27. The minimum atomic E-state index is -0.141. The molecule has 5 heteroatoms. The lowest BCUT2D eigenvalue weighted by molar-refractivity contribution is 0.339. The third-order valence-corrected chi connectivity index (χ3v) is 3.24. The van der Waals surface area contributed by atoms with Gasteiger partial charge in [0.1, 0.15) is 18.2 Å². The maximum absolute atomic E-state index is 11.7. The van der Waals surface area contributed by atoms with Gasteiger partial charge < -0.3 is 15.5 Å². The molecule has 1 aliphatic heterocycles. The molecular formula is C14H15N3O2. The number of aromatic nitrogens is 2. The van der Waals surface area contributed by atoms with E-state index in [9.17, 15) is 4.79 Å². The van der Waals surface area contributed by atoms with E-state index in [0.29, 0.717) is 25.4 Å². The van der Waals surface area contributed by atoms with Crippen LogP contribution in [0.25, 0.3) is 0 Å². The Morgan fingerprint density at radius 1 is 1.42 bits per heavy atom. The third kappa shape index (κ3) is 2.24. The van der Waals surface area contributed by atoms with Gasteiger partial charge in [-0.25, -0.2) is 4.98 Å². The molecule has 0 amide bonds. The second-order valence-corrected chi connectivity index (χ2v) is 4.56. The molecular weight excluding hydrogens is 242 g/mol. The number of nitrogens with zero attached hydrogens (tertiary/aromatic N) is 1. The maximum atomic E-state index is 11.7. The fourth-order valence-electron chi connectivity index (χ4n) is 2.36. The van der Waals surface area contributed by atoms with Gasteiger partial charge in [-0.05, 0) is 12.6 Å². The second-order valence-electron chi connectivity index (χ2n) is 4.56. The number of hydrogen-bond donors (Lipinski definition) is 2. The highest BCUT2D eigenvalue weighted by Crippen LogP contribution is 2.35. The largest absolute Gasteiger partial charge is 0.492 e. The first-order valence-corrected chi connectivity index (χ1v) is 6.30. The van der Waals surface area contributed by atoms with Crippen LogP contribution in [0.5, 0.6) is 5.75 Å². The van der Waals surface area contributed by atoms with Gasteiger partial charge in [0.15, 0.2) is 0 Å². The molecule has 98 valence electrons. The zero-order valence-electron chi connectivity index (χ0n) is 10.4. The van der Waals surface area contributed by atoms with Crippen LogP contribution in [-0.2, 0) is 6.42 Å². The van der Waals surface area contributed by atoms with E-state index in [1.54, 1.807) is 0 Å². The van der Waals surface area contributed by atoms with Gasteiger partial charge in [-0.2, -0.15) is 0 Å². The van der Waals surface area contributed by atoms with E-state index in [0.717, 1.165) is 17.0 Å². The van der Waals surface area contributed by atoms with Crippen molar-refractivity contribution in [2.45, 2.75) is 12.3 Å². The molecule has 0 saturated heterocycles. The van der Waals surface area contributed by atoms with Crippen molar-refractivity contribution < 1.29 is 4.74 Å². The van der Waals surface area contributed by atoms with Crippen molar-refractivity contribution in [1.29, 1.82) is 0 Å². The van der Waals surface area contributed by atoms with Crippen LogP contribution in [0.4, 0.5) is 0 Å². The smallest absolute Gasteiger partial charge is 0.251 e. The molecule has 5 nitrogen and oxygen atoms in total. The Morgan fingerprint density at radius 2 is 2.26 bits per heavy atom. The van der Waals surface area contributed by atoms with Crippen molar-refractivity contribution in [3.8, 4) is 5.75 Å². The van der Waals surface area contributed by atoms with Gasteiger partial charge in [-0.1, -0.05) is 18.2 Å². The normalized spacial score (nSPS) is 17.0. The van der Waals surface area contributed by atoms with E-state index >= 15 is 0 Å². The van der Waals surface area contributed by atoms with Crippen molar-refractivity contribution in [3.63, 3.8) is 0 Å². The van der Waals surface area contributed by atoms with E-state index in [4.69, 9.17) is 10.5 Å². The summed E-state index contributed by atoms with van der Waals surface area (Å²) in [6, 6.07) is 9.32. The first kappa shape index (κ1) is 11.9. The summed E-state index contributed by atoms with van der Waals surface area (Å²) in [6.45, 7) is 0.988. The monoisotopic (exact) mass is 257 g/mol. The van der Waals surface area contributed by atoms with Crippen molar-refractivity contribution in [2.24, 2.45) is 5.73 Å². The number of nitrogens with one attached hydrogen (secondary N) is 1. The molecule has 19 heavy (non-hydrogen) atoms. The number of fused-ring (bicyclic) bond motifs is 1. The number of hydrogen-bond acceptors (Lipinski definition) is 4. The van der Waals surface area contributed by atoms with Gasteiger partial charge in [0.25, 0.3) is 5.56 Å². The fraction of sp³-hybridized carbons (Fsp3) is 0.286. The molecule has 1 aromatic heterocycles. The van der Waals surface area contributed by atoms with Crippen molar-refractivity contribution in [3.05, 3.63) is 57.8 Å². The Morgan fingerprint density at radius 3 is 3.11 bits per heavy atom. The van der Waals surface area contributed by atoms with E-state index < -0.39 is 0 Å². The predicted octanol–water partition coefficient (Wildman–Crippen LogP) is 0.795. The Labute approximate surface area is 110 Å². The van der Waals surface area contributed by atoms with Crippen molar-refractivity contribution >= 4 is 0 Å². The summed E-state index contributed by atoms with van der Waals surface area (Å²) in [6.07, 6.45) is 0.603. The maximum Gasteiger partial charge on any atom is 0.251 e. The Hall–Kier alpha value is -2.14. The minimum absolute atomic E-state index is 0.0124. The van der Waals surface area contributed by atoms with Gasteiger partial charge in [-0.3, -0.25) is 4.79 Å². The molecule has 0 bridgehead atoms. The van der Waals surface area contributed by atoms with E-state index in [-0.39, 0.29) is 11.5 Å². The van der Waals surface area contributed by atoms with Crippen LogP contribution >= 0.6 is 0 Å². The quantitative estimate of drug-likeness (QED) is 0.852. The summed E-state index contributed by atoms with van der Waals surface area (Å²) in [7, 11) is 0. The standard InChI is InChI=1S/C14H15N3O2/c15-6-5-9-7-13(18)17-14(16-9)11-8-19-12-4-2-1-3-10(11)12/h1-4,7,11H,5-6,8,15H2,(H,16,17,18). The zero-order chi connectivity index (χ0) is 13.2. The van der Waals surface area contributed by atoms with Crippen LogP contribution < -0.4 is 16.0 Å². The number of aromatic amines is 1. The van der Waals surface area contributed by atoms with Crippen LogP contribution in [0, 0.1) is 0 Å². The molecule has 1 aromatic carbocycles. The highest BCUT2D eigenvalue weighted by molar-refractivity contribution is 5.42. The molecule has 0 fully saturated rings. The highest BCUT2D eigenvalue weighted by atomic mass is 16.5. The molecule has 0 radical (unpaired) electrons. The average molecular weight is 257 g/mol. The molecule has 0 aliphatic carbocycles. The summed E-state index contributed by atoms with van der Waals surface area (Å²) in [5.41, 5.74) is 7.17. The lowest BCUT2D eigenvalue weighted by atomic mass is 10.0. The van der Waals surface area contributed by atoms with E-state index in [1.807, 2.05) is 24.3 Å². The summed E-state index contributed by atoms with van der Waals surface area (Å²) in [5, 5.41) is 0. The molecule has 3 rings (SSSR count). The molecule has 2 heterocycles. The lowest BCUT2D eigenvalue weighted by Crippen LogP contribution is -2.18. The van der Waals surface area contributed by atoms with Gasteiger partial charge in [0, 0.05) is 23.7 Å². The first-order chi connectivity index (χ1) is 9.28. The average Bonchev–Trinajstić information content (AvgIpc) is 2.82. The van der Waals surface area contributed by atoms with Crippen LogP contribution in [0.2, 0.25) is 0 Å². The Balaban J connectivity index is 2.02. The Bertz CT molecular complexity index is 651. The van der Waals surface area contributed by atoms with Crippen LogP contribution in [0.1, 0.15) is 23.0 Å². The fourth-order valence-corrected chi connectivity index (χ4v) is 2.36. The number of rotatable bonds is 3. The summed E-state index contributed by atoms with van der Waals surface area (Å²) in [4.78, 5) is 19.0. The van der Waals surface area contributed by atoms with Crippen LogP contribution in [0.15, 0.2) is 35.1 Å².